The van der Waals surface area contributed by atoms with Crippen LogP contribution in [-0.2, 0) is 11.3 Å². The molecule has 1 aromatic carbocycles. The van der Waals surface area contributed by atoms with E-state index in [9.17, 15) is 9.18 Å². The number of methoxy groups -OCH3 is 1. The van der Waals surface area contributed by atoms with Crippen molar-refractivity contribution in [1.82, 2.24) is 10.2 Å². The summed E-state index contributed by atoms with van der Waals surface area (Å²) < 4.78 is 18.4. The Hall–Kier alpha value is -1.46. The minimum Gasteiger partial charge on any atom is -0.465 e. The summed E-state index contributed by atoms with van der Waals surface area (Å²) in [5, 5.41) is 3.33. The fraction of sp³-hybridized carbons (Fsp3) is 0.533. The SMILES string of the molecule is COC(=O)c1ccc(CN(C)C2CCNCC2)cc1F. The second kappa shape index (κ2) is 6.81. The number of halogens is 1. The van der Waals surface area contributed by atoms with Gasteiger partial charge in [0.15, 0.2) is 0 Å². The van der Waals surface area contributed by atoms with Gasteiger partial charge in [-0.25, -0.2) is 9.18 Å². The highest BCUT2D eigenvalue weighted by molar-refractivity contribution is 5.89. The van der Waals surface area contributed by atoms with Crippen molar-refractivity contribution in [3.63, 3.8) is 0 Å². The third-order valence-corrected chi connectivity index (χ3v) is 3.80. The number of hydrogen-bond acceptors (Lipinski definition) is 4. The fourth-order valence-corrected chi connectivity index (χ4v) is 2.60. The van der Waals surface area contributed by atoms with Crippen LogP contribution in [0.2, 0.25) is 0 Å². The van der Waals surface area contributed by atoms with Crippen LogP contribution < -0.4 is 5.32 Å². The zero-order chi connectivity index (χ0) is 14.5. The number of esters is 1. The first-order valence-corrected chi connectivity index (χ1v) is 6.89. The molecule has 2 rings (SSSR count). The summed E-state index contributed by atoms with van der Waals surface area (Å²) in [6.07, 6.45) is 2.22. The van der Waals surface area contributed by atoms with Crippen LogP contribution in [0.4, 0.5) is 4.39 Å². The summed E-state index contributed by atoms with van der Waals surface area (Å²) in [6, 6.07) is 5.23. The molecule has 0 aliphatic carbocycles. The molecule has 1 heterocycles. The summed E-state index contributed by atoms with van der Waals surface area (Å²) in [5.41, 5.74) is 0.858. The third kappa shape index (κ3) is 3.55. The molecule has 0 atom stereocenters. The summed E-state index contributed by atoms with van der Waals surface area (Å²) in [4.78, 5) is 13.6. The van der Waals surface area contributed by atoms with E-state index in [4.69, 9.17) is 0 Å². The Morgan fingerprint density at radius 1 is 1.45 bits per heavy atom. The highest BCUT2D eigenvalue weighted by Crippen LogP contribution is 2.16. The van der Waals surface area contributed by atoms with Gasteiger partial charge in [-0.1, -0.05) is 6.07 Å². The van der Waals surface area contributed by atoms with Crippen molar-refractivity contribution in [3.05, 3.63) is 35.1 Å². The maximum absolute atomic E-state index is 13.9. The van der Waals surface area contributed by atoms with E-state index in [2.05, 4.69) is 22.0 Å². The van der Waals surface area contributed by atoms with Gasteiger partial charge in [0, 0.05) is 12.6 Å². The third-order valence-electron chi connectivity index (χ3n) is 3.80. The standard InChI is InChI=1S/C15H21FN2O2/c1-18(12-5-7-17-8-6-12)10-11-3-4-13(14(16)9-11)15(19)20-2/h3-4,9,12,17H,5-8,10H2,1-2H3. The van der Waals surface area contributed by atoms with E-state index in [1.165, 1.54) is 19.2 Å². The first-order valence-electron chi connectivity index (χ1n) is 6.89. The minimum atomic E-state index is -0.638. The lowest BCUT2D eigenvalue weighted by molar-refractivity contribution is 0.0595. The Kier molecular flexibility index (Phi) is 5.09. The highest BCUT2D eigenvalue weighted by atomic mass is 19.1. The van der Waals surface area contributed by atoms with Crippen molar-refractivity contribution >= 4 is 5.97 Å². The number of piperidine rings is 1. The second-order valence-electron chi connectivity index (χ2n) is 5.20. The molecule has 1 fully saturated rings. The molecule has 1 aliphatic heterocycles. The molecule has 0 unspecified atom stereocenters. The van der Waals surface area contributed by atoms with Crippen LogP contribution in [0.5, 0.6) is 0 Å². The lowest BCUT2D eigenvalue weighted by atomic mass is 10.0. The van der Waals surface area contributed by atoms with Crippen LogP contribution in [0, 0.1) is 5.82 Å². The number of nitrogens with one attached hydrogen (secondary N) is 1. The maximum Gasteiger partial charge on any atom is 0.340 e. The van der Waals surface area contributed by atoms with E-state index < -0.39 is 11.8 Å². The molecule has 0 radical (unpaired) electrons. The molecule has 5 heteroatoms. The van der Waals surface area contributed by atoms with E-state index in [0.717, 1.165) is 31.5 Å². The molecule has 20 heavy (non-hydrogen) atoms. The van der Waals surface area contributed by atoms with Crippen LogP contribution in [-0.4, -0.2) is 44.2 Å². The van der Waals surface area contributed by atoms with Gasteiger partial charge in [-0.3, -0.25) is 4.90 Å². The van der Waals surface area contributed by atoms with Crippen molar-refractivity contribution < 1.29 is 13.9 Å². The Bertz CT molecular complexity index is 473. The molecule has 0 spiro atoms. The summed E-state index contributed by atoms with van der Waals surface area (Å²) in [7, 11) is 3.31. The molecule has 0 saturated carbocycles. The van der Waals surface area contributed by atoms with Gasteiger partial charge in [0.2, 0.25) is 0 Å². The molecule has 0 amide bonds. The van der Waals surface area contributed by atoms with E-state index in [1.807, 2.05) is 0 Å². The topological polar surface area (TPSA) is 41.6 Å². The Morgan fingerprint density at radius 3 is 2.75 bits per heavy atom. The van der Waals surface area contributed by atoms with Gasteiger partial charge in [-0.2, -0.15) is 0 Å². The molecule has 1 saturated heterocycles. The largest absolute Gasteiger partial charge is 0.465 e. The van der Waals surface area contributed by atoms with Gasteiger partial charge >= 0.3 is 5.97 Å². The number of benzene rings is 1. The van der Waals surface area contributed by atoms with Gasteiger partial charge in [0.25, 0.3) is 0 Å². The smallest absolute Gasteiger partial charge is 0.340 e. The van der Waals surface area contributed by atoms with Crippen molar-refractivity contribution in [2.24, 2.45) is 0 Å². The van der Waals surface area contributed by atoms with Crippen molar-refractivity contribution in [2.45, 2.75) is 25.4 Å². The molecule has 4 nitrogen and oxygen atoms in total. The Morgan fingerprint density at radius 2 is 2.15 bits per heavy atom. The first-order chi connectivity index (χ1) is 9.61. The van der Waals surface area contributed by atoms with E-state index >= 15 is 0 Å². The van der Waals surface area contributed by atoms with Crippen LogP contribution in [0.3, 0.4) is 0 Å². The number of ether oxygens (including phenoxy) is 1. The van der Waals surface area contributed by atoms with Crippen LogP contribution >= 0.6 is 0 Å². The maximum atomic E-state index is 13.9. The van der Waals surface area contributed by atoms with E-state index in [-0.39, 0.29) is 5.56 Å². The number of hydrogen-bond donors (Lipinski definition) is 1. The minimum absolute atomic E-state index is 0.0132. The monoisotopic (exact) mass is 280 g/mol. The van der Waals surface area contributed by atoms with Crippen molar-refractivity contribution in [3.8, 4) is 0 Å². The fourth-order valence-electron chi connectivity index (χ4n) is 2.60. The normalized spacial score (nSPS) is 16.4. The molecule has 0 bridgehead atoms. The lowest BCUT2D eigenvalue weighted by Gasteiger charge is -2.31. The lowest BCUT2D eigenvalue weighted by Crippen LogP contribution is -2.40. The molecule has 1 aliphatic rings. The Balaban J connectivity index is 2.02. The van der Waals surface area contributed by atoms with E-state index in [0.29, 0.717) is 12.6 Å². The van der Waals surface area contributed by atoms with E-state index in [1.54, 1.807) is 6.07 Å². The average molecular weight is 280 g/mol. The number of nitrogens with zero attached hydrogens (tertiary/aromatic N) is 1. The van der Waals surface area contributed by atoms with Crippen molar-refractivity contribution in [1.29, 1.82) is 0 Å². The van der Waals surface area contributed by atoms with Crippen LogP contribution in [0.25, 0.3) is 0 Å². The van der Waals surface area contributed by atoms with Gasteiger partial charge < -0.3 is 10.1 Å². The predicted molar refractivity (Wildman–Crippen MR) is 75.1 cm³/mol. The molecule has 1 N–H and O–H groups in total. The van der Waals surface area contributed by atoms with Crippen LogP contribution in [0.15, 0.2) is 18.2 Å². The zero-order valence-electron chi connectivity index (χ0n) is 12.0. The summed E-state index contributed by atoms with van der Waals surface area (Å²) in [6.45, 7) is 2.75. The van der Waals surface area contributed by atoms with Crippen LogP contribution in [0.1, 0.15) is 28.8 Å². The zero-order valence-corrected chi connectivity index (χ0v) is 12.0. The van der Waals surface area contributed by atoms with Gasteiger partial charge in [-0.05, 0) is 50.7 Å². The quantitative estimate of drug-likeness (QED) is 0.854. The molecular formula is C15H21FN2O2. The number of carbonyl (C=O) groups is 1. The number of carbonyl (C=O) groups excluding carboxylic acids is 1. The first kappa shape index (κ1) is 14.9. The molecular weight excluding hydrogens is 259 g/mol. The molecule has 0 aromatic heterocycles. The van der Waals surface area contributed by atoms with Gasteiger partial charge in [0.05, 0.1) is 12.7 Å². The van der Waals surface area contributed by atoms with Crippen molar-refractivity contribution in [2.75, 3.05) is 27.2 Å². The molecule has 110 valence electrons. The Labute approximate surface area is 118 Å². The predicted octanol–water partition coefficient (Wildman–Crippen LogP) is 1.80. The second-order valence-corrected chi connectivity index (χ2v) is 5.20. The van der Waals surface area contributed by atoms with Gasteiger partial charge in [0.1, 0.15) is 5.82 Å². The average Bonchev–Trinajstić information content (AvgIpc) is 2.47. The highest BCUT2D eigenvalue weighted by Gasteiger charge is 2.18. The summed E-state index contributed by atoms with van der Waals surface area (Å²) >= 11 is 0. The van der Waals surface area contributed by atoms with Gasteiger partial charge in [-0.15, -0.1) is 0 Å². The number of rotatable bonds is 4. The molecule has 1 aromatic rings. The summed E-state index contributed by atoms with van der Waals surface area (Å²) in [5.74, 6) is -1.16.